The third-order valence-corrected chi connectivity index (χ3v) is 4.11. The number of rotatable bonds is 4. The summed E-state index contributed by atoms with van der Waals surface area (Å²) in [7, 11) is 0. The first-order chi connectivity index (χ1) is 9.16. The number of ether oxygens (including phenoxy) is 1. The van der Waals surface area contributed by atoms with Crippen LogP contribution in [0.25, 0.3) is 0 Å². The molecule has 1 amide bonds. The van der Waals surface area contributed by atoms with Crippen molar-refractivity contribution in [1.82, 2.24) is 15.1 Å². The average molecular weight is 269 g/mol. The Kier molecular flexibility index (Phi) is 5.60. The molecule has 0 saturated carbocycles. The highest BCUT2D eigenvalue weighted by molar-refractivity contribution is 5.76. The van der Waals surface area contributed by atoms with Crippen molar-refractivity contribution >= 4 is 5.91 Å². The first-order valence-electron chi connectivity index (χ1n) is 7.48. The van der Waals surface area contributed by atoms with Crippen molar-refractivity contribution in [3.05, 3.63) is 0 Å². The number of morpholine rings is 1. The molecule has 0 aromatic rings. The molecule has 5 nitrogen and oxygen atoms in total. The largest absolute Gasteiger partial charge is 0.379 e. The minimum absolute atomic E-state index is 0.304. The molecule has 19 heavy (non-hydrogen) atoms. The number of hydrogen-bond acceptors (Lipinski definition) is 4. The lowest BCUT2D eigenvalue weighted by Crippen LogP contribution is -2.54. The van der Waals surface area contributed by atoms with Gasteiger partial charge in [-0.15, -0.1) is 0 Å². The van der Waals surface area contributed by atoms with Crippen LogP contribution < -0.4 is 5.32 Å². The first-order valence-corrected chi connectivity index (χ1v) is 7.48. The van der Waals surface area contributed by atoms with Crippen molar-refractivity contribution in [2.75, 3.05) is 52.5 Å². The zero-order valence-electron chi connectivity index (χ0n) is 12.2. The van der Waals surface area contributed by atoms with Gasteiger partial charge < -0.3 is 15.0 Å². The molecule has 2 aliphatic heterocycles. The number of amides is 1. The van der Waals surface area contributed by atoms with Gasteiger partial charge in [-0.25, -0.2) is 0 Å². The van der Waals surface area contributed by atoms with Gasteiger partial charge in [0.1, 0.15) is 0 Å². The van der Waals surface area contributed by atoms with Crippen LogP contribution >= 0.6 is 0 Å². The summed E-state index contributed by atoms with van der Waals surface area (Å²) in [4.78, 5) is 16.6. The molecule has 0 aromatic carbocycles. The van der Waals surface area contributed by atoms with Crippen molar-refractivity contribution in [2.24, 2.45) is 5.92 Å². The van der Waals surface area contributed by atoms with Crippen molar-refractivity contribution in [1.29, 1.82) is 0 Å². The Hall–Kier alpha value is -0.650. The van der Waals surface area contributed by atoms with Crippen LogP contribution in [-0.4, -0.2) is 74.2 Å². The van der Waals surface area contributed by atoms with Gasteiger partial charge in [-0.2, -0.15) is 0 Å². The van der Waals surface area contributed by atoms with E-state index in [0.717, 1.165) is 52.5 Å². The summed E-state index contributed by atoms with van der Waals surface area (Å²) in [6, 6.07) is 0.445. The molecule has 0 aromatic heterocycles. The maximum Gasteiger partial charge on any atom is 0.223 e. The zero-order valence-corrected chi connectivity index (χ0v) is 12.2. The predicted molar refractivity (Wildman–Crippen MR) is 75.1 cm³/mol. The van der Waals surface area contributed by atoms with Crippen LogP contribution in [0.1, 0.15) is 20.3 Å². The fourth-order valence-corrected chi connectivity index (χ4v) is 2.69. The minimum atomic E-state index is 0.304. The van der Waals surface area contributed by atoms with E-state index in [1.54, 1.807) is 0 Å². The summed E-state index contributed by atoms with van der Waals surface area (Å²) in [5, 5.41) is 3.49. The molecule has 2 fully saturated rings. The Morgan fingerprint density at radius 3 is 2.74 bits per heavy atom. The maximum absolute atomic E-state index is 12.2. The van der Waals surface area contributed by atoms with Crippen molar-refractivity contribution in [2.45, 2.75) is 26.3 Å². The second-order valence-electron chi connectivity index (χ2n) is 5.85. The molecule has 2 rings (SSSR count). The van der Waals surface area contributed by atoms with Crippen LogP contribution in [0, 0.1) is 5.92 Å². The molecular formula is C14H27N3O2. The van der Waals surface area contributed by atoms with Gasteiger partial charge in [0.05, 0.1) is 13.2 Å². The lowest BCUT2D eigenvalue weighted by atomic mass is 10.0. The molecule has 2 saturated heterocycles. The van der Waals surface area contributed by atoms with Gasteiger partial charge in [0.15, 0.2) is 0 Å². The molecule has 0 spiro atoms. The van der Waals surface area contributed by atoms with Crippen LogP contribution in [0.15, 0.2) is 0 Å². The summed E-state index contributed by atoms with van der Waals surface area (Å²) in [6.07, 6.45) is 0.644. The standard InChI is InChI=1S/C14H27N3O2/c1-12(2)13-11-17(6-4-15-13)14(18)3-5-16-7-9-19-10-8-16/h12-13,15H,3-11H2,1-2H3. The topological polar surface area (TPSA) is 44.8 Å². The number of nitrogens with one attached hydrogen (secondary N) is 1. The molecular weight excluding hydrogens is 242 g/mol. The fraction of sp³-hybridized carbons (Fsp3) is 0.929. The molecule has 0 aliphatic carbocycles. The Balaban J connectivity index is 1.72. The second kappa shape index (κ2) is 7.22. The monoisotopic (exact) mass is 269 g/mol. The molecule has 5 heteroatoms. The van der Waals surface area contributed by atoms with Gasteiger partial charge in [-0.1, -0.05) is 13.8 Å². The third kappa shape index (κ3) is 4.44. The molecule has 110 valence electrons. The molecule has 1 atom stereocenters. The zero-order chi connectivity index (χ0) is 13.7. The molecule has 2 aliphatic rings. The molecule has 2 heterocycles. The summed E-state index contributed by atoms with van der Waals surface area (Å²) in [5.74, 6) is 0.883. The number of carbonyl (C=O) groups is 1. The van der Waals surface area contributed by atoms with Crippen LogP contribution in [0.3, 0.4) is 0 Å². The van der Waals surface area contributed by atoms with Gasteiger partial charge in [-0.05, 0) is 5.92 Å². The lowest BCUT2D eigenvalue weighted by molar-refractivity contribution is -0.133. The normalized spacial score (nSPS) is 25.8. The van der Waals surface area contributed by atoms with E-state index in [-0.39, 0.29) is 0 Å². The van der Waals surface area contributed by atoms with E-state index < -0.39 is 0 Å². The van der Waals surface area contributed by atoms with Gasteiger partial charge in [-0.3, -0.25) is 9.69 Å². The Morgan fingerprint density at radius 1 is 1.32 bits per heavy atom. The van der Waals surface area contributed by atoms with Gasteiger partial charge in [0, 0.05) is 51.7 Å². The van der Waals surface area contributed by atoms with Gasteiger partial charge in [0.2, 0.25) is 5.91 Å². The maximum atomic E-state index is 12.2. The van der Waals surface area contributed by atoms with Gasteiger partial charge in [0.25, 0.3) is 0 Å². The predicted octanol–water partition coefficient (Wildman–Crippen LogP) is 0.165. The van der Waals surface area contributed by atoms with Crippen molar-refractivity contribution in [3.63, 3.8) is 0 Å². The van der Waals surface area contributed by atoms with E-state index in [2.05, 4.69) is 24.1 Å². The molecule has 1 N–H and O–H groups in total. The van der Waals surface area contributed by atoms with Crippen molar-refractivity contribution in [3.8, 4) is 0 Å². The summed E-state index contributed by atoms with van der Waals surface area (Å²) in [6.45, 7) is 11.5. The second-order valence-corrected chi connectivity index (χ2v) is 5.85. The molecule has 1 unspecified atom stereocenters. The Bertz CT molecular complexity index is 290. The Labute approximate surface area is 116 Å². The van der Waals surface area contributed by atoms with Gasteiger partial charge >= 0.3 is 0 Å². The molecule has 0 radical (unpaired) electrons. The number of nitrogens with zero attached hydrogens (tertiary/aromatic N) is 2. The fourth-order valence-electron chi connectivity index (χ4n) is 2.69. The lowest BCUT2D eigenvalue weighted by Gasteiger charge is -2.36. The van der Waals surface area contributed by atoms with E-state index in [4.69, 9.17) is 4.74 Å². The highest BCUT2D eigenvalue weighted by Crippen LogP contribution is 2.10. The summed E-state index contributed by atoms with van der Waals surface area (Å²) >= 11 is 0. The third-order valence-electron chi connectivity index (χ3n) is 4.11. The average Bonchev–Trinajstić information content (AvgIpc) is 2.46. The minimum Gasteiger partial charge on any atom is -0.379 e. The first kappa shape index (κ1) is 14.8. The van der Waals surface area contributed by atoms with E-state index in [9.17, 15) is 4.79 Å². The highest BCUT2D eigenvalue weighted by atomic mass is 16.5. The Morgan fingerprint density at radius 2 is 2.05 bits per heavy atom. The number of hydrogen-bond donors (Lipinski definition) is 1. The van der Waals surface area contributed by atoms with Crippen LogP contribution in [0.4, 0.5) is 0 Å². The SMILES string of the molecule is CC(C)C1CN(C(=O)CCN2CCOCC2)CCN1. The summed E-state index contributed by atoms with van der Waals surface area (Å²) < 4.78 is 5.32. The summed E-state index contributed by atoms with van der Waals surface area (Å²) in [5.41, 5.74) is 0. The van der Waals surface area contributed by atoms with E-state index in [0.29, 0.717) is 24.3 Å². The van der Waals surface area contributed by atoms with Crippen LogP contribution in [0.5, 0.6) is 0 Å². The number of piperazine rings is 1. The molecule has 0 bridgehead atoms. The quantitative estimate of drug-likeness (QED) is 0.790. The number of carbonyl (C=O) groups excluding carboxylic acids is 1. The van der Waals surface area contributed by atoms with E-state index in [1.807, 2.05) is 4.90 Å². The van der Waals surface area contributed by atoms with Crippen LogP contribution in [0.2, 0.25) is 0 Å². The van der Waals surface area contributed by atoms with E-state index in [1.165, 1.54) is 0 Å². The highest BCUT2D eigenvalue weighted by Gasteiger charge is 2.25. The van der Waals surface area contributed by atoms with Crippen LogP contribution in [-0.2, 0) is 9.53 Å². The smallest absolute Gasteiger partial charge is 0.223 e. The van der Waals surface area contributed by atoms with E-state index >= 15 is 0 Å². The van der Waals surface area contributed by atoms with Crippen molar-refractivity contribution < 1.29 is 9.53 Å².